The molecule has 0 saturated heterocycles. The monoisotopic (exact) mass is 355 g/mol. The van der Waals surface area contributed by atoms with Crippen molar-refractivity contribution in [2.45, 2.75) is 64.2 Å². The molecule has 0 radical (unpaired) electrons. The maximum Gasteiger partial charge on any atom is 0.252 e. The van der Waals surface area contributed by atoms with E-state index in [1.807, 2.05) is 13.0 Å². The molecule has 2 heterocycles. The third kappa shape index (κ3) is 3.71. The van der Waals surface area contributed by atoms with Gasteiger partial charge in [-0.25, -0.2) is 4.98 Å². The number of H-pyrrole nitrogens is 1. The molecular formula is C19H25N5O2. The molecule has 0 atom stereocenters. The van der Waals surface area contributed by atoms with Crippen LogP contribution in [0.15, 0.2) is 16.9 Å². The highest BCUT2D eigenvalue weighted by Gasteiger charge is 2.28. The van der Waals surface area contributed by atoms with Crippen LogP contribution in [-0.2, 0) is 11.2 Å². The van der Waals surface area contributed by atoms with Crippen molar-refractivity contribution >= 4 is 11.7 Å². The van der Waals surface area contributed by atoms with Crippen LogP contribution in [0.1, 0.15) is 69.2 Å². The summed E-state index contributed by atoms with van der Waals surface area (Å²) in [5.74, 6) is 1.89. The molecule has 0 bridgehead atoms. The normalized spacial score (nSPS) is 17.6. The van der Waals surface area contributed by atoms with Crippen LogP contribution in [0.5, 0.6) is 0 Å². The summed E-state index contributed by atoms with van der Waals surface area (Å²) in [4.78, 5) is 31.6. The molecule has 26 heavy (non-hydrogen) atoms. The summed E-state index contributed by atoms with van der Waals surface area (Å²) in [6, 6.07) is 3.41. The van der Waals surface area contributed by atoms with Crippen molar-refractivity contribution in [3.8, 4) is 5.95 Å². The van der Waals surface area contributed by atoms with Crippen molar-refractivity contribution in [1.82, 2.24) is 19.7 Å². The summed E-state index contributed by atoms with van der Waals surface area (Å²) in [7, 11) is 0. The summed E-state index contributed by atoms with van der Waals surface area (Å²) in [5, 5.41) is 7.61. The molecule has 138 valence electrons. The topological polar surface area (TPSA) is 92.7 Å². The lowest BCUT2D eigenvalue weighted by Crippen LogP contribution is -2.20. The largest absolute Gasteiger partial charge is 0.310 e. The van der Waals surface area contributed by atoms with Gasteiger partial charge in [0.05, 0.1) is 5.69 Å². The minimum Gasteiger partial charge on any atom is -0.310 e. The van der Waals surface area contributed by atoms with E-state index >= 15 is 0 Å². The molecule has 2 aliphatic carbocycles. The van der Waals surface area contributed by atoms with Gasteiger partial charge in [0.25, 0.3) is 5.56 Å². The van der Waals surface area contributed by atoms with E-state index in [9.17, 15) is 9.59 Å². The number of aromatic amines is 1. The van der Waals surface area contributed by atoms with Crippen LogP contribution in [0.2, 0.25) is 0 Å². The van der Waals surface area contributed by atoms with Crippen LogP contribution in [0, 0.1) is 5.92 Å². The number of rotatable bonds is 6. The van der Waals surface area contributed by atoms with Crippen LogP contribution in [-0.4, -0.2) is 25.7 Å². The Morgan fingerprint density at radius 1 is 1.27 bits per heavy atom. The highest BCUT2D eigenvalue weighted by atomic mass is 16.1. The zero-order valence-electron chi connectivity index (χ0n) is 15.1. The lowest BCUT2D eigenvalue weighted by Gasteiger charge is -2.11. The molecule has 2 aromatic heterocycles. The van der Waals surface area contributed by atoms with Gasteiger partial charge in [0, 0.05) is 30.2 Å². The van der Waals surface area contributed by atoms with Crippen molar-refractivity contribution in [2.75, 3.05) is 5.32 Å². The molecule has 7 heteroatoms. The van der Waals surface area contributed by atoms with Gasteiger partial charge < -0.3 is 5.32 Å². The minimum atomic E-state index is -0.210. The zero-order chi connectivity index (χ0) is 18.1. The van der Waals surface area contributed by atoms with E-state index in [1.54, 1.807) is 4.68 Å². The standard InChI is InChI=1S/C19H25N5O2/c1-2-14-10-18(26)22-19(20-14)24-16(11-15(23-24)13-7-8-13)21-17(25)9-12-5-3-4-6-12/h10-13H,2-9H2,1H3,(H,21,25)(H,20,22,26). The number of hydrogen-bond acceptors (Lipinski definition) is 4. The summed E-state index contributed by atoms with van der Waals surface area (Å²) < 4.78 is 1.57. The lowest BCUT2D eigenvalue weighted by atomic mass is 10.0. The fourth-order valence-electron chi connectivity index (χ4n) is 3.67. The summed E-state index contributed by atoms with van der Waals surface area (Å²) in [5.41, 5.74) is 1.44. The second-order valence-corrected chi connectivity index (χ2v) is 7.46. The average molecular weight is 355 g/mol. The van der Waals surface area contributed by atoms with Gasteiger partial charge in [-0.3, -0.25) is 14.6 Å². The van der Waals surface area contributed by atoms with Gasteiger partial charge in [0.2, 0.25) is 11.9 Å². The van der Waals surface area contributed by atoms with Gasteiger partial charge in [0.15, 0.2) is 0 Å². The Morgan fingerprint density at radius 3 is 2.73 bits per heavy atom. The van der Waals surface area contributed by atoms with E-state index < -0.39 is 0 Å². The fourth-order valence-corrected chi connectivity index (χ4v) is 3.67. The van der Waals surface area contributed by atoms with Crippen molar-refractivity contribution in [1.29, 1.82) is 0 Å². The molecule has 0 aliphatic heterocycles. The zero-order valence-corrected chi connectivity index (χ0v) is 15.1. The Hall–Kier alpha value is -2.44. The molecule has 2 fully saturated rings. The molecule has 0 spiro atoms. The third-order valence-electron chi connectivity index (χ3n) is 5.29. The molecule has 2 N–H and O–H groups in total. The number of nitrogens with zero attached hydrogens (tertiary/aromatic N) is 3. The fraction of sp³-hybridized carbons (Fsp3) is 0.579. The van der Waals surface area contributed by atoms with Gasteiger partial charge in [-0.2, -0.15) is 9.78 Å². The smallest absolute Gasteiger partial charge is 0.252 e. The first-order valence-electron chi connectivity index (χ1n) is 9.63. The summed E-state index contributed by atoms with van der Waals surface area (Å²) >= 11 is 0. The molecule has 7 nitrogen and oxygen atoms in total. The Kier molecular flexibility index (Phi) is 4.61. The van der Waals surface area contributed by atoms with Crippen molar-refractivity contribution in [3.05, 3.63) is 33.9 Å². The number of amides is 1. The Bertz CT molecular complexity index is 859. The highest BCUT2D eigenvalue weighted by Crippen LogP contribution is 2.40. The quantitative estimate of drug-likeness (QED) is 0.833. The van der Waals surface area contributed by atoms with E-state index in [0.717, 1.165) is 31.4 Å². The Morgan fingerprint density at radius 2 is 2.04 bits per heavy atom. The third-order valence-corrected chi connectivity index (χ3v) is 5.29. The highest BCUT2D eigenvalue weighted by molar-refractivity contribution is 5.90. The van der Waals surface area contributed by atoms with E-state index in [0.29, 0.717) is 42.1 Å². The lowest BCUT2D eigenvalue weighted by molar-refractivity contribution is -0.117. The molecule has 1 amide bonds. The van der Waals surface area contributed by atoms with E-state index in [1.165, 1.54) is 18.9 Å². The van der Waals surface area contributed by atoms with Gasteiger partial charge in [-0.15, -0.1) is 0 Å². The van der Waals surface area contributed by atoms with Gasteiger partial charge in [-0.05, 0) is 38.0 Å². The number of aromatic nitrogens is 4. The molecule has 0 unspecified atom stereocenters. The number of nitrogens with one attached hydrogen (secondary N) is 2. The molecule has 2 aliphatic rings. The van der Waals surface area contributed by atoms with Crippen molar-refractivity contribution in [2.24, 2.45) is 5.92 Å². The summed E-state index contributed by atoms with van der Waals surface area (Å²) in [6.45, 7) is 1.95. The maximum absolute atomic E-state index is 12.5. The van der Waals surface area contributed by atoms with E-state index in [-0.39, 0.29) is 11.5 Å². The molecule has 2 aromatic rings. The number of hydrogen-bond donors (Lipinski definition) is 2. The number of anilines is 1. The number of carbonyl (C=O) groups excluding carboxylic acids is 1. The molecule has 0 aromatic carbocycles. The first kappa shape index (κ1) is 17.0. The Balaban J connectivity index is 1.62. The van der Waals surface area contributed by atoms with Crippen LogP contribution in [0.4, 0.5) is 5.82 Å². The second-order valence-electron chi connectivity index (χ2n) is 7.46. The average Bonchev–Trinajstić information content (AvgIpc) is 3.19. The van der Waals surface area contributed by atoms with Crippen LogP contribution < -0.4 is 10.9 Å². The maximum atomic E-state index is 12.5. The van der Waals surface area contributed by atoms with Crippen molar-refractivity contribution < 1.29 is 4.79 Å². The summed E-state index contributed by atoms with van der Waals surface area (Å²) in [6.07, 6.45) is 8.14. The van der Waals surface area contributed by atoms with Gasteiger partial charge >= 0.3 is 0 Å². The van der Waals surface area contributed by atoms with Crippen molar-refractivity contribution in [3.63, 3.8) is 0 Å². The number of aryl methyl sites for hydroxylation is 1. The minimum absolute atomic E-state index is 0.00869. The number of carbonyl (C=O) groups is 1. The first-order valence-corrected chi connectivity index (χ1v) is 9.63. The van der Waals surface area contributed by atoms with E-state index in [2.05, 4.69) is 20.4 Å². The second kappa shape index (κ2) is 7.05. The van der Waals surface area contributed by atoms with Crippen LogP contribution in [0.3, 0.4) is 0 Å². The molecule has 4 rings (SSSR count). The van der Waals surface area contributed by atoms with Gasteiger partial charge in [0.1, 0.15) is 5.82 Å². The van der Waals surface area contributed by atoms with Crippen LogP contribution in [0.25, 0.3) is 5.95 Å². The van der Waals surface area contributed by atoms with Crippen LogP contribution >= 0.6 is 0 Å². The predicted molar refractivity (Wildman–Crippen MR) is 98.5 cm³/mol. The molecule has 2 saturated carbocycles. The van der Waals surface area contributed by atoms with Gasteiger partial charge in [-0.1, -0.05) is 19.8 Å². The SMILES string of the molecule is CCc1cc(=O)[nH]c(-n2nc(C3CC3)cc2NC(=O)CC2CCCC2)n1. The first-order chi connectivity index (χ1) is 12.6. The predicted octanol–water partition coefficient (Wildman–Crippen LogP) is 2.91. The van der Waals surface area contributed by atoms with E-state index in [4.69, 9.17) is 0 Å². The Labute approximate surface area is 152 Å². The molecular weight excluding hydrogens is 330 g/mol.